The Labute approximate surface area is 192 Å². The average Bonchev–Trinajstić information content (AvgIpc) is 3.22. The van der Waals surface area contributed by atoms with Crippen LogP contribution >= 0.6 is 0 Å². The van der Waals surface area contributed by atoms with Gasteiger partial charge in [0.2, 0.25) is 0 Å². The normalized spacial score (nSPS) is 14.7. The van der Waals surface area contributed by atoms with Crippen LogP contribution in [0.15, 0.2) is 60.2 Å². The van der Waals surface area contributed by atoms with Gasteiger partial charge in [-0.2, -0.15) is 0 Å². The van der Waals surface area contributed by atoms with E-state index in [9.17, 15) is 4.79 Å². The first-order chi connectivity index (χ1) is 15.4. The molecule has 0 aromatic carbocycles. The van der Waals surface area contributed by atoms with E-state index in [2.05, 4.69) is 40.7 Å². The standard InChI is InChI=1S/C25H38N6O/c1-5-8-24(26)28-13-7-10-21(3)30(4)16-12-20(2)9-6-14-29-25(32)31-18-22-11-15-27-17-23(22)19-31/h5,7-8,11,13,15,17,20H,3,6,9-10,12,14,16,18-19H2,1-2,4H3,(H2,26,28)(H,29,32). The highest BCUT2D eigenvalue weighted by molar-refractivity contribution is 5.91. The smallest absolute Gasteiger partial charge is 0.318 e. The van der Waals surface area contributed by atoms with Crippen molar-refractivity contribution >= 4 is 11.9 Å². The summed E-state index contributed by atoms with van der Waals surface area (Å²) >= 11 is 0. The van der Waals surface area contributed by atoms with Crippen LogP contribution in [0.1, 0.15) is 50.7 Å². The molecule has 1 atom stereocenters. The zero-order valence-electron chi connectivity index (χ0n) is 19.8. The lowest BCUT2D eigenvalue weighted by Crippen LogP contribution is -2.37. The van der Waals surface area contributed by atoms with Crippen molar-refractivity contribution in [2.45, 2.75) is 52.6 Å². The summed E-state index contributed by atoms with van der Waals surface area (Å²) in [5, 5.41) is 3.05. The van der Waals surface area contributed by atoms with Crippen LogP contribution in [0.4, 0.5) is 4.79 Å². The lowest BCUT2D eigenvalue weighted by atomic mass is 10.0. The molecule has 1 aliphatic heterocycles. The predicted molar refractivity (Wildman–Crippen MR) is 132 cm³/mol. The largest absolute Gasteiger partial charge is 0.384 e. The van der Waals surface area contributed by atoms with Crippen LogP contribution in [-0.2, 0) is 13.1 Å². The van der Waals surface area contributed by atoms with Crippen molar-refractivity contribution in [2.75, 3.05) is 20.1 Å². The third-order valence-corrected chi connectivity index (χ3v) is 5.68. The SMILES string of the molecule is C=C(CC=CN=C(N)C=CC)N(C)CCC(C)CCCNC(=O)N1Cc2ccncc2C1. The average molecular weight is 439 g/mol. The molecule has 0 bridgehead atoms. The van der Waals surface area contributed by atoms with E-state index < -0.39 is 0 Å². The summed E-state index contributed by atoms with van der Waals surface area (Å²) in [7, 11) is 2.07. The molecule has 0 aliphatic carbocycles. The molecule has 1 unspecified atom stereocenters. The van der Waals surface area contributed by atoms with Crippen LogP contribution in [0.2, 0.25) is 0 Å². The Morgan fingerprint density at radius 3 is 2.94 bits per heavy atom. The first-order valence-corrected chi connectivity index (χ1v) is 11.3. The molecular formula is C25H38N6O. The molecule has 174 valence electrons. The number of hydrogen-bond acceptors (Lipinski definition) is 4. The quantitative estimate of drug-likeness (QED) is 0.291. The van der Waals surface area contributed by atoms with E-state index in [1.54, 1.807) is 18.5 Å². The molecule has 32 heavy (non-hydrogen) atoms. The maximum Gasteiger partial charge on any atom is 0.318 e. The lowest BCUT2D eigenvalue weighted by Gasteiger charge is -2.23. The van der Waals surface area contributed by atoms with Crippen molar-refractivity contribution in [3.8, 4) is 0 Å². The molecule has 7 heteroatoms. The van der Waals surface area contributed by atoms with Gasteiger partial charge in [0, 0.05) is 63.9 Å². The highest BCUT2D eigenvalue weighted by atomic mass is 16.2. The van der Waals surface area contributed by atoms with Gasteiger partial charge in [-0.15, -0.1) is 0 Å². The Morgan fingerprint density at radius 2 is 2.19 bits per heavy atom. The highest BCUT2D eigenvalue weighted by Crippen LogP contribution is 2.21. The Hall–Kier alpha value is -3.09. The molecule has 1 aromatic rings. The summed E-state index contributed by atoms with van der Waals surface area (Å²) in [6.07, 6.45) is 14.9. The van der Waals surface area contributed by atoms with Gasteiger partial charge in [0.05, 0.1) is 0 Å². The van der Waals surface area contributed by atoms with Crippen LogP contribution in [0.3, 0.4) is 0 Å². The molecule has 2 rings (SSSR count). The van der Waals surface area contributed by atoms with E-state index in [-0.39, 0.29) is 6.03 Å². The van der Waals surface area contributed by atoms with Gasteiger partial charge in [0.15, 0.2) is 0 Å². The molecule has 0 saturated carbocycles. The van der Waals surface area contributed by atoms with Crippen molar-refractivity contribution in [1.29, 1.82) is 0 Å². The van der Waals surface area contributed by atoms with E-state index in [1.807, 2.05) is 36.2 Å². The zero-order chi connectivity index (χ0) is 23.3. The fraction of sp³-hybridized carbons (Fsp3) is 0.480. The number of nitrogens with one attached hydrogen (secondary N) is 1. The van der Waals surface area contributed by atoms with Crippen LogP contribution in [-0.4, -0.2) is 46.8 Å². The third kappa shape index (κ3) is 8.57. The molecule has 1 aliphatic rings. The Bertz CT molecular complexity index is 820. The van der Waals surface area contributed by atoms with Crippen molar-refractivity contribution in [1.82, 2.24) is 20.1 Å². The first kappa shape index (κ1) is 25.2. The predicted octanol–water partition coefficient (Wildman–Crippen LogP) is 4.20. The second kappa shape index (κ2) is 13.3. The molecular weight excluding hydrogens is 400 g/mol. The van der Waals surface area contributed by atoms with Gasteiger partial charge >= 0.3 is 6.03 Å². The van der Waals surface area contributed by atoms with Crippen molar-refractivity contribution in [3.63, 3.8) is 0 Å². The summed E-state index contributed by atoms with van der Waals surface area (Å²) in [4.78, 5) is 24.7. The van der Waals surface area contributed by atoms with E-state index in [4.69, 9.17) is 5.73 Å². The van der Waals surface area contributed by atoms with E-state index in [0.29, 0.717) is 31.4 Å². The summed E-state index contributed by atoms with van der Waals surface area (Å²) in [6, 6.07) is 2.00. The van der Waals surface area contributed by atoms with Gasteiger partial charge in [0.25, 0.3) is 0 Å². The number of carbonyl (C=O) groups excluding carboxylic acids is 1. The number of fused-ring (bicyclic) bond motifs is 1. The summed E-state index contributed by atoms with van der Waals surface area (Å²) in [6.45, 7) is 11.3. The molecule has 0 fully saturated rings. The van der Waals surface area contributed by atoms with Crippen LogP contribution < -0.4 is 11.1 Å². The first-order valence-electron chi connectivity index (χ1n) is 11.3. The maximum atomic E-state index is 12.4. The zero-order valence-corrected chi connectivity index (χ0v) is 19.8. The number of pyridine rings is 1. The number of aromatic nitrogens is 1. The van der Waals surface area contributed by atoms with Gasteiger partial charge in [-0.05, 0) is 55.4 Å². The fourth-order valence-electron chi connectivity index (χ4n) is 3.53. The number of aliphatic imine (C=N–C) groups is 1. The number of rotatable bonds is 12. The summed E-state index contributed by atoms with van der Waals surface area (Å²) in [5.41, 5.74) is 9.10. The van der Waals surface area contributed by atoms with Crippen LogP contribution in [0.25, 0.3) is 0 Å². The maximum absolute atomic E-state index is 12.4. The molecule has 1 aromatic heterocycles. The van der Waals surface area contributed by atoms with Gasteiger partial charge < -0.3 is 20.9 Å². The Morgan fingerprint density at radius 1 is 1.41 bits per heavy atom. The summed E-state index contributed by atoms with van der Waals surface area (Å²) in [5.74, 6) is 1.08. The molecule has 2 amide bonds. The Balaban J connectivity index is 1.56. The Kier molecular flexibility index (Phi) is 10.5. The fourth-order valence-corrected chi connectivity index (χ4v) is 3.53. The van der Waals surface area contributed by atoms with Gasteiger partial charge in [-0.25, -0.2) is 9.79 Å². The number of amides is 2. The number of hydrogen-bond donors (Lipinski definition) is 2. The molecule has 3 N–H and O–H groups in total. The minimum atomic E-state index is 0.00903. The topological polar surface area (TPSA) is 86.8 Å². The van der Waals surface area contributed by atoms with Crippen molar-refractivity contribution < 1.29 is 4.79 Å². The number of nitrogens with zero attached hydrogens (tertiary/aromatic N) is 4. The van der Waals surface area contributed by atoms with E-state index in [0.717, 1.165) is 43.5 Å². The van der Waals surface area contributed by atoms with Gasteiger partial charge in [-0.3, -0.25) is 4.98 Å². The lowest BCUT2D eigenvalue weighted by molar-refractivity contribution is 0.198. The number of amidine groups is 1. The monoisotopic (exact) mass is 438 g/mol. The van der Waals surface area contributed by atoms with Gasteiger partial charge in [-0.1, -0.05) is 25.7 Å². The molecule has 0 radical (unpaired) electrons. The van der Waals surface area contributed by atoms with E-state index >= 15 is 0 Å². The van der Waals surface area contributed by atoms with Crippen molar-refractivity contribution in [2.24, 2.45) is 16.6 Å². The number of carbonyl (C=O) groups is 1. The molecule has 7 nitrogen and oxygen atoms in total. The number of nitrogens with two attached hydrogens (primary N) is 1. The highest BCUT2D eigenvalue weighted by Gasteiger charge is 2.22. The number of urea groups is 1. The molecule has 0 saturated heterocycles. The van der Waals surface area contributed by atoms with Gasteiger partial charge in [0.1, 0.15) is 5.84 Å². The summed E-state index contributed by atoms with van der Waals surface area (Å²) < 4.78 is 0. The molecule has 0 spiro atoms. The van der Waals surface area contributed by atoms with Crippen LogP contribution in [0.5, 0.6) is 0 Å². The van der Waals surface area contributed by atoms with Crippen LogP contribution in [0, 0.1) is 5.92 Å². The second-order valence-electron chi connectivity index (χ2n) is 8.40. The molecule has 2 heterocycles. The third-order valence-electron chi connectivity index (χ3n) is 5.68. The van der Waals surface area contributed by atoms with E-state index in [1.165, 1.54) is 5.56 Å². The number of allylic oxidation sites excluding steroid dienone is 2. The van der Waals surface area contributed by atoms with Crippen molar-refractivity contribution in [3.05, 3.63) is 66.3 Å². The minimum absolute atomic E-state index is 0.00903. The minimum Gasteiger partial charge on any atom is -0.384 e. The second-order valence-corrected chi connectivity index (χ2v) is 8.40.